The van der Waals surface area contributed by atoms with Gasteiger partial charge in [-0.2, -0.15) is 0 Å². The summed E-state index contributed by atoms with van der Waals surface area (Å²) in [6.07, 6.45) is 2.00. The molecule has 0 amide bonds. The largest absolute Gasteiger partial charge is 0.246 e. The Hall–Kier alpha value is -0.750. The number of halogens is 2. The van der Waals surface area contributed by atoms with Gasteiger partial charge in [0.2, 0.25) is 5.28 Å². The molecule has 0 aliphatic rings. The molecule has 0 fully saturated rings. The van der Waals surface area contributed by atoms with Crippen LogP contribution in [-0.4, -0.2) is 24.6 Å². The van der Waals surface area contributed by atoms with Crippen molar-refractivity contribution in [1.82, 2.24) is 9.97 Å². The van der Waals surface area contributed by atoms with Crippen molar-refractivity contribution in [3.05, 3.63) is 17.0 Å². The predicted molar refractivity (Wildman–Crippen MR) is 45.0 cm³/mol. The van der Waals surface area contributed by atoms with Crippen molar-refractivity contribution < 1.29 is 12.8 Å². The van der Waals surface area contributed by atoms with E-state index in [1.807, 2.05) is 0 Å². The molecular weight excluding hydrogens is 219 g/mol. The molecule has 0 bridgehead atoms. The third kappa shape index (κ3) is 2.35. The van der Waals surface area contributed by atoms with Crippen LogP contribution in [0, 0.1) is 0 Å². The van der Waals surface area contributed by atoms with Gasteiger partial charge in [0.15, 0.2) is 14.9 Å². The SMILES string of the molecule is CS(=O)(=O)c1nc(Cl)ncc1CF. The maximum absolute atomic E-state index is 12.3. The summed E-state index contributed by atoms with van der Waals surface area (Å²) >= 11 is 5.37. The molecule has 4 nitrogen and oxygen atoms in total. The van der Waals surface area contributed by atoms with Crippen LogP contribution >= 0.6 is 11.6 Å². The number of sulfone groups is 1. The Kier molecular flexibility index (Phi) is 2.82. The minimum Gasteiger partial charge on any atom is -0.246 e. The zero-order chi connectivity index (χ0) is 10.1. The van der Waals surface area contributed by atoms with Gasteiger partial charge in [-0.25, -0.2) is 22.8 Å². The number of hydrogen-bond donors (Lipinski definition) is 0. The maximum atomic E-state index is 12.3. The van der Waals surface area contributed by atoms with Crippen LogP contribution < -0.4 is 0 Å². The summed E-state index contributed by atoms with van der Waals surface area (Å²) < 4.78 is 34.4. The van der Waals surface area contributed by atoms with E-state index < -0.39 is 16.5 Å². The van der Waals surface area contributed by atoms with E-state index in [9.17, 15) is 12.8 Å². The third-order valence-corrected chi connectivity index (χ3v) is 2.53. The number of rotatable bonds is 2. The Morgan fingerprint density at radius 3 is 2.69 bits per heavy atom. The molecule has 0 unspecified atom stereocenters. The van der Waals surface area contributed by atoms with Crippen LogP contribution in [0.4, 0.5) is 4.39 Å². The summed E-state index contributed by atoms with van der Waals surface area (Å²) in [7, 11) is -3.54. The summed E-state index contributed by atoms with van der Waals surface area (Å²) in [4.78, 5) is 6.92. The highest BCUT2D eigenvalue weighted by Gasteiger charge is 2.16. The van der Waals surface area contributed by atoms with E-state index in [0.29, 0.717) is 0 Å². The fourth-order valence-electron chi connectivity index (χ4n) is 0.784. The van der Waals surface area contributed by atoms with E-state index in [-0.39, 0.29) is 15.9 Å². The smallest absolute Gasteiger partial charge is 0.223 e. The van der Waals surface area contributed by atoms with E-state index in [0.717, 1.165) is 12.5 Å². The third-order valence-electron chi connectivity index (χ3n) is 1.29. The lowest BCUT2D eigenvalue weighted by Gasteiger charge is -2.01. The van der Waals surface area contributed by atoms with Gasteiger partial charge in [-0.15, -0.1) is 0 Å². The molecule has 0 saturated carbocycles. The first-order chi connectivity index (χ1) is 5.95. The van der Waals surface area contributed by atoms with Crippen LogP contribution in [0.2, 0.25) is 5.28 Å². The second kappa shape index (κ2) is 3.55. The van der Waals surface area contributed by atoms with E-state index in [2.05, 4.69) is 9.97 Å². The van der Waals surface area contributed by atoms with Crippen LogP contribution in [0.15, 0.2) is 11.2 Å². The molecule has 1 aromatic rings. The van der Waals surface area contributed by atoms with Crippen LogP contribution in [0.1, 0.15) is 5.56 Å². The van der Waals surface area contributed by atoms with E-state index in [1.54, 1.807) is 0 Å². The van der Waals surface area contributed by atoms with Gasteiger partial charge in [-0.3, -0.25) is 0 Å². The summed E-state index contributed by atoms with van der Waals surface area (Å²) in [6, 6.07) is 0. The van der Waals surface area contributed by atoms with E-state index in [1.165, 1.54) is 0 Å². The maximum Gasteiger partial charge on any atom is 0.223 e. The van der Waals surface area contributed by atoms with Gasteiger partial charge < -0.3 is 0 Å². The van der Waals surface area contributed by atoms with Gasteiger partial charge in [-0.1, -0.05) is 0 Å². The average molecular weight is 225 g/mol. The number of nitrogens with zero attached hydrogens (tertiary/aromatic N) is 2. The van der Waals surface area contributed by atoms with Gasteiger partial charge in [0.1, 0.15) is 6.67 Å². The number of hydrogen-bond acceptors (Lipinski definition) is 4. The monoisotopic (exact) mass is 224 g/mol. The molecule has 72 valence electrons. The lowest BCUT2D eigenvalue weighted by molar-refractivity contribution is 0.473. The van der Waals surface area contributed by atoms with E-state index in [4.69, 9.17) is 11.6 Å². The molecule has 1 aromatic heterocycles. The van der Waals surface area contributed by atoms with Crippen LogP contribution in [0.3, 0.4) is 0 Å². The van der Waals surface area contributed by atoms with Gasteiger partial charge in [0, 0.05) is 18.0 Å². The van der Waals surface area contributed by atoms with Gasteiger partial charge in [-0.05, 0) is 11.6 Å². The molecule has 7 heteroatoms. The standard InChI is InChI=1S/C6H6ClFN2O2S/c1-13(11,12)5-4(2-8)3-9-6(7)10-5/h3H,2H2,1H3. The molecular formula is C6H6ClFN2O2S. The van der Waals surface area contributed by atoms with Crippen molar-refractivity contribution in [3.8, 4) is 0 Å². The van der Waals surface area contributed by atoms with Gasteiger partial charge in [0.25, 0.3) is 0 Å². The zero-order valence-corrected chi connectivity index (χ0v) is 8.23. The van der Waals surface area contributed by atoms with Gasteiger partial charge in [0.05, 0.1) is 0 Å². The summed E-state index contributed by atoms with van der Waals surface area (Å²) in [6.45, 7) is -0.931. The van der Waals surface area contributed by atoms with Crippen LogP contribution in [0.5, 0.6) is 0 Å². The van der Waals surface area contributed by atoms with Gasteiger partial charge >= 0.3 is 0 Å². The minimum atomic E-state index is -3.54. The highest BCUT2D eigenvalue weighted by Crippen LogP contribution is 2.14. The normalized spacial score (nSPS) is 11.6. The molecule has 13 heavy (non-hydrogen) atoms. The molecule has 0 aromatic carbocycles. The topological polar surface area (TPSA) is 59.9 Å². The molecule has 1 heterocycles. The first-order valence-corrected chi connectivity index (χ1v) is 5.49. The summed E-state index contributed by atoms with van der Waals surface area (Å²) in [5, 5.41) is -0.562. The van der Waals surface area contributed by atoms with Crippen molar-refractivity contribution >= 4 is 21.4 Å². The molecule has 0 aliphatic carbocycles. The molecule has 0 radical (unpaired) electrons. The fraction of sp³-hybridized carbons (Fsp3) is 0.333. The quantitative estimate of drug-likeness (QED) is 0.556. The second-order valence-corrected chi connectivity index (χ2v) is 4.64. The van der Waals surface area contributed by atoms with Crippen molar-refractivity contribution in [1.29, 1.82) is 0 Å². The average Bonchev–Trinajstić information content (AvgIpc) is 2.03. The molecule has 0 spiro atoms. The number of aromatic nitrogens is 2. The highest BCUT2D eigenvalue weighted by molar-refractivity contribution is 7.90. The summed E-state index contributed by atoms with van der Waals surface area (Å²) in [5.74, 6) is 0. The molecule has 1 rings (SSSR count). The van der Waals surface area contributed by atoms with Crippen LogP contribution in [0.25, 0.3) is 0 Å². The zero-order valence-electron chi connectivity index (χ0n) is 6.66. The van der Waals surface area contributed by atoms with Crippen molar-refractivity contribution in [2.75, 3.05) is 6.26 Å². The molecule has 0 atom stereocenters. The number of alkyl halides is 1. The lowest BCUT2D eigenvalue weighted by Crippen LogP contribution is -2.06. The molecule has 0 N–H and O–H groups in total. The predicted octanol–water partition coefficient (Wildman–Crippen LogP) is 1.00. The minimum absolute atomic E-state index is 0.0769. The van der Waals surface area contributed by atoms with Crippen molar-refractivity contribution in [3.63, 3.8) is 0 Å². The second-order valence-electron chi connectivity index (χ2n) is 2.38. The van der Waals surface area contributed by atoms with Crippen LogP contribution in [-0.2, 0) is 16.5 Å². The Bertz CT molecular complexity index is 421. The van der Waals surface area contributed by atoms with Crippen molar-refractivity contribution in [2.45, 2.75) is 11.7 Å². The Balaban J connectivity index is 3.41. The highest BCUT2D eigenvalue weighted by atomic mass is 35.5. The molecule has 0 aliphatic heterocycles. The van der Waals surface area contributed by atoms with E-state index >= 15 is 0 Å². The Morgan fingerprint density at radius 1 is 1.62 bits per heavy atom. The lowest BCUT2D eigenvalue weighted by atomic mass is 10.4. The Morgan fingerprint density at radius 2 is 2.23 bits per heavy atom. The first kappa shape index (κ1) is 10.3. The first-order valence-electron chi connectivity index (χ1n) is 3.22. The van der Waals surface area contributed by atoms with Crippen molar-refractivity contribution in [2.24, 2.45) is 0 Å². The Labute approximate surface area is 79.7 Å². The molecule has 0 saturated heterocycles. The fourth-order valence-corrected chi connectivity index (χ4v) is 1.80. The summed E-state index contributed by atoms with van der Waals surface area (Å²) in [5.41, 5.74) is -0.0769.